The molecule has 3 atom stereocenters. The fourth-order valence-corrected chi connectivity index (χ4v) is 3.47. The third kappa shape index (κ3) is 2.97. The maximum absolute atomic E-state index is 12.4. The molecule has 1 aromatic heterocycles. The number of para-hydroxylation sites is 1. The zero-order chi connectivity index (χ0) is 15.6. The Hall–Kier alpha value is -2.25. The molecule has 120 valence electrons. The molecule has 7 heteroatoms. The number of hydrazine groups is 1. The average molecular weight is 312 g/mol. The Balaban J connectivity index is 1.41. The van der Waals surface area contributed by atoms with Crippen LogP contribution >= 0.6 is 0 Å². The molecule has 23 heavy (non-hydrogen) atoms. The van der Waals surface area contributed by atoms with E-state index in [4.69, 9.17) is 0 Å². The first-order valence-electron chi connectivity index (χ1n) is 8.06. The first kappa shape index (κ1) is 14.3. The number of amides is 1. The van der Waals surface area contributed by atoms with Crippen LogP contribution in [-0.2, 0) is 0 Å². The van der Waals surface area contributed by atoms with Gasteiger partial charge in [-0.1, -0.05) is 23.4 Å². The van der Waals surface area contributed by atoms with Crippen LogP contribution < -0.4 is 16.2 Å². The fraction of sp³-hybridized carbons (Fsp3) is 0.438. The summed E-state index contributed by atoms with van der Waals surface area (Å²) in [6.07, 6.45) is 4.76. The number of aromatic nitrogens is 3. The number of nitrogens with zero attached hydrogens (tertiary/aromatic N) is 3. The zero-order valence-corrected chi connectivity index (χ0v) is 12.8. The fourth-order valence-electron chi connectivity index (χ4n) is 3.47. The van der Waals surface area contributed by atoms with Gasteiger partial charge in [-0.05, 0) is 37.3 Å². The number of fused-ring (bicyclic) bond motifs is 1. The van der Waals surface area contributed by atoms with Crippen molar-refractivity contribution < 1.29 is 4.79 Å². The van der Waals surface area contributed by atoms with Crippen LogP contribution in [0.2, 0.25) is 0 Å². The summed E-state index contributed by atoms with van der Waals surface area (Å²) in [5.74, 6) is 0.448. The maximum atomic E-state index is 12.4. The minimum absolute atomic E-state index is 0.144. The molecule has 4 rings (SSSR count). The summed E-state index contributed by atoms with van der Waals surface area (Å²) in [4.78, 5) is 12.4. The van der Waals surface area contributed by atoms with Crippen molar-refractivity contribution in [3.63, 3.8) is 0 Å². The van der Waals surface area contributed by atoms with Crippen molar-refractivity contribution in [2.75, 3.05) is 6.54 Å². The van der Waals surface area contributed by atoms with E-state index in [2.05, 4.69) is 26.5 Å². The van der Waals surface area contributed by atoms with Crippen LogP contribution in [0.1, 0.15) is 29.8 Å². The summed E-state index contributed by atoms with van der Waals surface area (Å²) in [5, 5.41) is 11.1. The SMILES string of the molecule is O=C(NC1CCC2NNCC2C1)c1cn(-c2ccccc2)nn1. The summed E-state index contributed by atoms with van der Waals surface area (Å²) < 4.78 is 1.62. The van der Waals surface area contributed by atoms with Gasteiger partial charge >= 0.3 is 0 Å². The van der Waals surface area contributed by atoms with Gasteiger partial charge in [0.25, 0.3) is 5.91 Å². The summed E-state index contributed by atoms with van der Waals surface area (Å²) in [7, 11) is 0. The number of hydrogen-bond donors (Lipinski definition) is 3. The van der Waals surface area contributed by atoms with Gasteiger partial charge in [0.1, 0.15) is 0 Å². The lowest BCUT2D eigenvalue weighted by molar-refractivity contribution is 0.0913. The maximum Gasteiger partial charge on any atom is 0.273 e. The molecule has 3 unspecified atom stereocenters. The molecule has 1 aliphatic heterocycles. The molecule has 1 saturated heterocycles. The van der Waals surface area contributed by atoms with Gasteiger partial charge in [0, 0.05) is 18.6 Å². The van der Waals surface area contributed by atoms with E-state index in [1.807, 2.05) is 30.3 Å². The molecule has 2 aliphatic rings. The van der Waals surface area contributed by atoms with Gasteiger partial charge in [-0.25, -0.2) is 4.68 Å². The third-order valence-corrected chi connectivity index (χ3v) is 4.72. The number of carbonyl (C=O) groups excluding carboxylic acids is 1. The normalized spacial score (nSPS) is 26.7. The second-order valence-corrected chi connectivity index (χ2v) is 6.26. The molecule has 7 nitrogen and oxygen atoms in total. The van der Waals surface area contributed by atoms with Crippen LogP contribution in [-0.4, -0.2) is 39.5 Å². The number of benzene rings is 1. The molecular formula is C16H20N6O. The molecule has 1 amide bonds. The number of nitrogens with one attached hydrogen (secondary N) is 3. The predicted molar refractivity (Wildman–Crippen MR) is 84.9 cm³/mol. The van der Waals surface area contributed by atoms with Gasteiger partial charge < -0.3 is 5.32 Å². The average Bonchev–Trinajstić information content (AvgIpc) is 3.24. The van der Waals surface area contributed by atoms with Crippen molar-refractivity contribution in [3.05, 3.63) is 42.2 Å². The van der Waals surface area contributed by atoms with Gasteiger partial charge in [-0.3, -0.25) is 15.6 Å². The van der Waals surface area contributed by atoms with E-state index in [-0.39, 0.29) is 11.9 Å². The molecule has 2 fully saturated rings. The smallest absolute Gasteiger partial charge is 0.273 e. The lowest BCUT2D eigenvalue weighted by Crippen LogP contribution is -2.44. The lowest BCUT2D eigenvalue weighted by Gasteiger charge is -2.30. The summed E-state index contributed by atoms with van der Waals surface area (Å²) in [6.45, 7) is 0.973. The van der Waals surface area contributed by atoms with Gasteiger partial charge in [0.2, 0.25) is 0 Å². The van der Waals surface area contributed by atoms with Gasteiger partial charge in [-0.15, -0.1) is 5.10 Å². The van der Waals surface area contributed by atoms with E-state index in [0.29, 0.717) is 17.7 Å². The van der Waals surface area contributed by atoms with E-state index in [1.54, 1.807) is 10.9 Å². The van der Waals surface area contributed by atoms with Crippen LogP contribution in [0.5, 0.6) is 0 Å². The third-order valence-electron chi connectivity index (χ3n) is 4.72. The van der Waals surface area contributed by atoms with Crippen molar-refractivity contribution in [2.45, 2.75) is 31.3 Å². The Morgan fingerprint density at radius 2 is 2.13 bits per heavy atom. The molecule has 2 heterocycles. The first-order chi connectivity index (χ1) is 11.3. The minimum Gasteiger partial charge on any atom is -0.348 e. The highest BCUT2D eigenvalue weighted by Crippen LogP contribution is 2.26. The monoisotopic (exact) mass is 312 g/mol. The Morgan fingerprint density at radius 3 is 3.00 bits per heavy atom. The highest BCUT2D eigenvalue weighted by Gasteiger charge is 2.34. The van der Waals surface area contributed by atoms with Crippen LogP contribution in [0.25, 0.3) is 5.69 Å². The molecule has 1 aromatic carbocycles. The molecule has 0 spiro atoms. The molecule has 1 saturated carbocycles. The van der Waals surface area contributed by atoms with E-state index in [1.165, 1.54) is 0 Å². The van der Waals surface area contributed by atoms with Crippen molar-refractivity contribution in [1.29, 1.82) is 0 Å². The number of rotatable bonds is 3. The van der Waals surface area contributed by atoms with Crippen molar-refractivity contribution in [2.24, 2.45) is 5.92 Å². The quantitative estimate of drug-likeness (QED) is 0.775. The largest absolute Gasteiger partial charge is 0.348 e. The standard InChI is InChI=1S/C16H20N6O/c23-16(18-12-6-7-14-11(8-12)9-17-19-14)15-10-22(21-20-15)13-4-2-1-3-5-13/h1-5,10-12,14,17,19H,6-9H2,(H,18,23). The summed E-state index contributed by atoms with van der Waals surface area (Å²) in [6, 6.07) is 10.4. The van der Waals surface area contributed by atoms with E-state index >= 15 is 0 Å². The van der Waals surface area contributed by atoms with E-state index in [9.17, 15) is 4.79 Å². The van der Waals surface area contributed by atoms with E-state index in [0.717, 1.165) is 31.5 Å². The Bertz CT molecular complexity index is 685. The molecule has 0 radical (unpaired) electrons. The molecule has 0 bridgehead atoms. The van der Waals surface area contributed by atoms with Crippen LogP contribution in [0, 0.1) is 5.92 Å². The predicted octanol–water partition coefficient (Wildman–Crippen LogP) is 0.642. The zero-order valence-electron chi connectivity index (χ0n) is 12.8. The lowest BCUT2D eigenvalue weighted by atomic mass is 9.83. The molecule has 3 N–H and O–H groups in total. The van der Waals surface area contributed by atoms with Crippen molar-refractivity contribution in [1.82, 2.24) is 31.2 Å². The Morgan fingerprint density at radius 1 is 1.26 bits per heavy atom. The van der Waals surface area contributed by atoms with Crippen molar-refractivity contribution >= 4 is 5.91 Å². The highest BCUT2D eigenvalue weighted by atomic mass is 16.2. The Kier molecular flexibility index (Phi) is 3.80. The van der Waals surface area contributed by atoms with Gasteiger partial charge in [-0.2, -0.15) is 0 Å². The molecule has 1 aliphatic carbocycles. The highest BCUT2D eigenvalue weighted by molar-refractivity contribution is 5.92. The molecular weight excluding hydrogens is 292 g/mol. The van der Waals surface area contributed by atoms with Crippen LogP contribution in [0.4, 0.5) is 0 Å². The van der Waals surface area contributed by atoms with Crippen LogP contribution in [0.15, 0.2) is 36.5 Å². The number of carbonyl (C=O) groups is 1. The summed E-state index contributed by atoms with van der Waals surface area (Å²) >= 11 is 0. The Labute approximate surface area is 134 Å². The summed E-state index contributed by atoms with van der Waals surface area (Å²) in [5.41, 5.74) is 7.75. The topological polar surface area (TPSA) is 83.9 Å². The van der Waals surface area contributed by atoms with Crippen molar-refractivity contribution in [3.8, 4) is 5.69 Å². The van der Waals surface area contributed by atoms with Crippen LogP contribution in [0.3, 0.4) is 0 Å². The second-order valence-electron chi connectivity index (χ2n) is 6.26. The second kappa shape index (κ2) is 6.10. The first-order valence-corrected chi connectivity index (χ1v) is 8.06. The van der Waals surface area contributed by atoms with Gasteiger partial charge in [0.15, 0.2) is 5.69 Å². The van der Waals surface area contributed by atoms with Gasteiger partial charge in [0.05, 0.1) is 11.9 Å². The minimum atomic E-state index is -0.144. The van der Waals surface area contributed by atoms with E-state index < -0.39 is 0 Å². The number of hydrogen-bond acceptors (Lipinski definition) is 5. The molecule has 2 aromatic rings.